The van der Waals surface area contributed by atoms with Crippen LogP contribution in [0, 0.1) is 26.6 Å². The monoisotopic (exact) mass is 205 g/mol. The molecule has 2 aromatic rings. The summed E-state index contributed by atoms with van der Waals surface area (Å²) >= 11 is 0. The summed E-state index contributed by atoms with van der Waals surface area (Å²) in [6, 6.07) is 5.06. The number of halogens is 1. The highest BCUT2D eigenvalue weighted by atomic mass is 19.1. The van der Waals surface area contributed by atoms with Crippen molar-refractivity contribution in [2.75, 3.05) is 0 Å². The molecule has 0 aliphatic heterocycles. The summed E-state index contributed by atoms with van der Waals surface area (Å²) < 4.78 is 15.2. The van der Waals surface area contributed by atoms with Gasteiger partial charge in [-0.2, -0.15) is 0 Å². The summed E-state index contributed by atoms with van der Waals surface area (Å²) in [5, 5.41) is 7.81. The van der Waals surface area contributed by atoms with Crippen LogP contribution in [0.3, 0.4) is 0 Å². The molecule has 0 unspecified atom stereocenters. The van der Waals surface area contributed by atoms with E-state index in [0.29, 0.717) is 5.69 Å². The van der Waals surface area contributed by atoms with Gasteiger partial charge in [0.15, 0.2) is 0 Å². The standard InChI is InChI=1S/C11H12FN3/c1-7-4-5-11(10(12)6-7)15-9(3)8(2)13-14-15/h4-6H,1-3H3. The molecule has 0 aliphatic rings. The molecule has 3 nitrogen and oxygen atoms in total. The van der Waals surface area contributed by atoms with Crippen molar-refractivity contribution in [3.8, 4) is 5.69 Å². The third kappa shape index (κ3) is 1.63. The van der Waals surface area contributed by atoms with Crippen LogP contribution in [-0.2, 0) is 0 Å². The quantitative estimate of drug-likeness (QED) is 0.715. The maximum Gasteiger partial charge on any atom is 0.149 e. The number of hydrogen-bond donors (Lipinski definition) is 0. The zero-order valence-corrected chi connectivity index (χ0v) is 8.95. The van der Waals surface area contributed by atoms with Crippen LogP contribution in [0.2, 0.25) is 0 Å². The molecular weight excluding hydrogens is 193 g/mol. The lowest BCUT2D eigenvalue weighted by Crippen LogP contribution is -2.02. The average Bonchev–Trinajstić information content (AvgIpc) is 2.49. The Kier molecular flexibility index (Phi) is 2.26. The Morgan fingerprint density at radius 1 is 1.20 bits per heavy atom. The van der Waals surface area contributed by atoms with E-state index in [9.17, 15) is 4.39 Å². The molecule has 4 heteroatoms. The molecule has 0 saturated heterocycles. The Bertz CT molecular complexity index is 503. The minimum Gasteiger partial charge on any atom is -0.215 e. The van der Waals surface area contributed by atoms with Gasteiger partial charge in [-0.25, -0.2) is 9.07 Å². The van der Waals surface area contributed by atoms with Crippen molar-refractivity contribution in [2.24, 2.45) is 0 Å². The maximum absolute atomic E-state index is 13.6. The second-order valence-electron chi connectivity index (χ2n) is 3.63. The van der Waals surface area contributed by atoms with E-state index in [4.69, 9.17) is 0 Å². The van der Waals surface area contributed by atoms with Gasteiger partial charge in [-0.3, -0.25) is 0 Å². The van der Waals surface area contributed by atoms with Crippen LogP contribution in [0.25, 0.3) is 5.69 Å². The van der Waals surface area contributed by atoms with Crippen molar-refractivity contribution in [1.82, 2.24) is 15.0 Å². The second-order valence-corrected chi connectivity index (χ2v) is 3.63. The van der Waals surface area contributed by atoms with Crippen LogP contribution in [0.15, 0.2) is 18.2 Å². The summed E-state index contributed by atoms with van der Waals surface area (Å²) in [5.41, 5.74) is 3.01. The van der Waals surface area contributed by atoms with Crippen LogP contribution in [-0.4, -0.2) is 15.0 Å². The molecule has 0 aliphatic carbocycles. The van der Waals surface area contributed by atoms with Gasteiger partial charge >= 0.3 is 0 Å². The lowest BCUT2D eigenvalue weighted by Gasteiger charge is -2.05. The first kappa shape index (κ1) is 9.83. The van der Waals surface area contributed by atoms with Gasteiger partial charge in [-0.1, -0.05) is 11.3 Å². The number of aryl methyl sites for hydroxylation is 2. The average molecular weight is 205 g/mol. The van der Waals surface area contributed by atoms with Gasteiger partial charge in [-0.15, -0.1) is 5.10 Å². The fourth-order valence-electron chi connectivity index (χ4n) is 1.42. The number of benzene rings is 1. The zero-order chi connectivity index (χ0) is 11.0. The van der Waals surface area contributed by atoms with E-state index >= 15 is 0 Å². The van der Waals surface area contributed by atoms with E-state index in [0.717, 1.165) is 17.0 Å². The first-order chi connectivity index (χ1) is 7.09. The Balaban J connectivity index is 2.59. The molecule has 78 valence electrons. The van der Waals surface area contributed by atoms with Crippen molar-refractivity contribution < 1.29 is 4.39 Å². The molecule has 0 amide bonds. The number of hydrogen-bond acceptors (Lipinski definition) is 2. The molecule has 0 radical (unpaired) electrons. The fraction of sp³-hybridized carbons (Fsp3) is 0.273. The SMILES string of the molecule is Cc1ccc(-n2nnc(C)c2C)c(F)c1. The molecule has 0 saturated carbocycles. The molecule has 15 heavy (non-hydrogen) atoms. The summed E-state index contributed by atoms with van der Waals surface area (Å²) in [6.07, 6.45) is 0. The van der Waals surface area contributed by atoms with Crippen LogP contribution >= 0.6 is 0 Å². The van der Waals surface area contributed by atoms with Crippen molar-refractivity contribution in [3.05, 3.63) is 41.0 Å². The molecule has 0 fully saturated rings. The van der Waals surface area contributed by atoms with Crippen molar-refractivity contribution in [3.63, 3.8) is 0 Å². The Hall–Kier alpha value is -1.71. The molecule has 1 heterocycles. The van der Waals surface area contributed by atoms with Crippen molar-refractivity contribution >= 4 is 0 Å². The predicted molar refractivity (Wildman–Crippen MR) is 55.5 cm³/mol. The summed E-state index contributed by atoms with van der Waals surface area (Å²) in [4.78, 5) is 0. The molecule has 0 N–H and O–H groups in total. The van der Waals surface area contributed by atoms with Crippen LogP contribution in [0.4, 0.5) is 4.39 Å². The molecule has 0 spiro atoms. The van der Waals surface area contributed by atoms with Crippen molar-refractivity contribution in [2.45, 2.75) is 20.8 Å². The van der Waals surface area contributed by atoms with Gasteiger partial charge < -0.3 is 0 Å². The highest BCUT2D eigenvalue weighted by molar-refractivity contribution is 5.37. The van der Waals surface area contributed by atoms with Gasteiger partial charge in [0.2, 0.25) is 0 Å². The van der Waals surface area contributed by atoms with E-state index in [1.165, 1.54) is 10.7 Å². The molecule has 2 rings (SSSR count). The Morgan fingerprint density at radius 2 is 1.93 bits per heavy atom. The van der Waals surface area contributed by atoms with Gasteiger partial charge in [0.25, 0.3) is 0 Å². The van der Waals surface area contributed by atoms with Gasteiger partial charge in [-0.05, 0) is 38.5 Å². The first-order valence-electron chi connectivity index (χ1n) is 4.75. The maximum atomic E-state index is 13.6. The highest BCUT2D eigenvalue weighted by Crippen LogP contribution is 2.16. The highest BCUT2D eigenvalue weighted by Gasteiger charge is 2.10. The summed E-state index contributed by atoms with van der Waals surface area (Å²) in [7, 11) is 0. The van der Waals surface area contributed by atoms with Gasteiger partial charge in [0, 0.05) is 0 Å². The summed E-state index contributed by atoms with van der Waals surface area (Å²) in [6.45, 7) is 5.58. The first-order valence-corrected chi connectivity index (χ1v) is 4.75. The smallest absolute Gasteiger partial charge is 0.149 e. The topological polar surface area (TPSA) is 30.7 Å². The predicted octanol–water partition coefficient (Wildman–Crippen LogP) is 2.33. The van der Waals surface area contributed by atoms with Crippen LogP contribution in [0.5, 0.6) is 0 Å². The molecule has 0 bridgehead atoms. The third-order valence-corrected chi connectivity index (χ3v) is 2.46. The van der Waals surface area contributed by atoms with Crippen molar-refractivity contribution in [1.29, 1.82) is 0 Å². The number of rotatable bonds is 1. The Morgan fingerprint density at radius 3 is 2.47 bits per heavy atom. The van der Waals surface area contributed by atoms with E-state index in [2.05, 4.69) is 10.3 Å². The Labute approximate surface area is 87.5 Å². The van der Waals surface area contributed by atoms with E-state index in [1.807, 2.05) is 26.8 Å². The normalized spacial score (nSPS) is 10.7. The fourth-order valence-corrected chi connectivity index (χ4v) is 1.42. The number of aromatic nitrogens is 3. The van der Waals surface area contributed by atoms with E-state index in [-0.39, 0.29) is 5.82 Å². The van der Waals surface area contributed by atoms with E-state index < -0.39 is 0 Å². The minimum atomic E-state index is -0.275. The van der Waals surface area contributed by atoms with Gasteiger partial charge in [0.05, 0.1) is 11.4 Å². The minimum absolute atomic E-state index is 0.275. The molecule has 1 aromatic heterocycles. The van der Waals surface area contributed by atoms with E-state index in [1.54, 1.807) is 6.07 Å². The largest absolute Gasteiger partial charge is 0.215 e. The lowest BCUT2D eigenvalue weighted by atomic mass is 10.2. The third-order valence-electron chi connectivity index (χ3n) is 2.46. The molecular formula is C11H12FN3. The van der Waals surface area contributed by atoms with Crippen LogP contribution in [0.1, 0.15) is 17.0 Å². The van der Waals surface area contributed by atoms with Crippen LogP contribution < -0.4 is 0 Å². The molecule has 1 aromatic carbocycles. The lowest BCUT2D eigenvalue weighted by molar-refractivity contribution is 0.603. The molecule has 0 atom stereocenters. The van der Waals surface area contributed by atoms with Gasteiger partial charge in [0.1, 0.15) is 11.5 Å². The second kappa shape index (κ2) is 3.46. The number of nitrogens with zero attached hydrogens (tertiary/aromatic N) is 3. The zero-order valence-electron chi connectivity index (χ0n) is 8.95. The summed E-state index contributed by atoms with van der Waals surface area (Å²) in [5.74, 6) is -0.275.